The monoisotopic (exact) mass is 280 g/mol. The van der Waals surface area contributed by atoms with Crippen LogP contribution in [-0.2, 0) is 13.1 Å². The number of hydrogen-bond acceptors (Lipinski definition) is 5. The van der Waals surface area contributed by atoms with Gasteiger partial charge in [-0.05, 0) is 24.1 Å². The van der Waals surface area contributed by atoms with Gasteiger partial charge in [-0.15, -0.1) is 0 Å². The maximum absolute atomic E-state index is 9.01. The first-order valence-corrected chi connectivity index (χ1v) is 6.69. The number of nitriles is 2. The van der Waals surface area contributed by atoms with E-state index in [2.05, 4.69) is 29.2 Å². The summed E-state index contributed by atoms with van der Waals surface area (Å²) < 4.78 is 1.87. The fraction of sp³-hybridized carbons (Fsp3) is 0.333. The zero-order valence-corrected chi connectivity index (χ0v) is 12.0. The zero-order chi connectivity index (χ0) is 15.2. The third-order valence-corrected chi connectivity index (χ3v) is 2.94. The van der Waals surface area contributed by atoms with Crippen LogP contribution in [0.3, 0.4) is 0 Å². The van der Waals surface area contributed by atoms with Crippen LogP contribution in [0.2, 0.25) is 0 Å². The Balaban J connectivity index is 2.09. The predicted molar refractivity (Wildman–Crippen MR) is 78.1 cm³/mol. The SMILES string of the molecule is CC(C)Cn1ncnc1CNc1ccc(C#N)c(C#N)c1. The first-order chi connectivity index (χ1) is 10.1. The maximum Gasteiger partial charge on any atom is 0.146 e. The highest BCUT2D eigenvalue weighted by Crippen LogP contribution is 2.15. The Hall–Kier alpha value is -2.86. The summed E-state index contributed by atoms with van der Waals surface area (Å²) in [6.07, 6.45) is 1.54. The van der Waals surface area contributed by atoms with Crippen LogP contribution >= 0.6 is 0 Å². The van der Waals surface area contributed by atoms with Gasteiger partial charge in [0.05, 0.1) is 17.7 Å². The van der Waals surface area contributed by atoms with Crippen LogP contribution in [0.15, 0.2) is 24.5 Å². The van der Waals surface area contributed by atoms with Gasteiger partial charge in [0.15, 0.2) is 0 Å². The van der Waals surface area contributed by atoms with Crippen molar-refractivity contribution in [2.45, 2.75) is 26.9 Å². The van der Waals surface area contributed by atoms with Gasteiger partial charge in [0, 0.05) is 12.2 Å². The summed E-state index contributed by atoms with van der Waals surface area (Å²) in [7, 11) is 0. The number of nitrogens with one attached hydrogen (secondary N) is 1. The molecule has 0 radical (unpaired) electrons. The van der Waals surface area contributed by atoms with Crippen molar-refractivity contribution in [2.24, 2.45) is 5.92 Å². The molecule has 0 aliphatic rings. The number of aromatic nitrogens is 3. The van der Waals surface area contributed by atoms with E-state index in [1.807, 2.05) is 16.8 Å². The molecule has 0 bridgehead atoms. The molecule has 21 heavy (non-hydrogen) atoms. The van der Waals surface area contributed by atoms with Crippen LogP contribution in [0.1, 0.15) is 30.8 Å². The van der Waals surface area contributed by atoms with Crippen LogP contribution in [-0.4, -0.2) is 14.8 Å². The summed E-state index contributed by atoms with van der Waals surface area (Å²) >= 11 is 0. The van der Waals surface area contributed by atoms with Crippen molar-refractivity contribution in [3.05, 3.63) is 41.5 Å². The molecule has 1 aromatic heterocycles. The van der Waals surface area contributed by atoms with Crippen molar-refractivity contribution in [3.63, 3.8) is 0 Å². The molecule has 0 aliphatic heterocycles. The second kappa shape index (κ2) is 6.53. The van der Waals surface area contributed by atoms with Crippen molar-refractivity contribution < 1.29 is 0 Å². The second-order valence-corrected chi connectivity index (χ2v) is 5.09. The fourth-order valence-corrected chi connectivity index (χ4v) is 1.95. The molecule has 6 nitrogen and oxygen atoms in total. The van der Waals surface area contributed by atoms with E-state index in [1.54, 1.807) is 24.5 Å². The number of benzene rings is 1. The standard InChI is InChI=1S/C15H16N6/c1-11(2)9-21-15(19-10-20-21)8-18-14-4-3-12(6-16)13(5-14)7-17/h3-5,10-11,18H,8-9H2,1-2H3. The van der Waals surface area contributed by atoms with E-state index in [9.17, 15) is 0 Å². The molecule has 0 saturated carbocycles. The molecule has 0 unspecified atom stereocenters. The van der Waals surface area contributed by atoms with E-state index in [0.29, 0.717) is 23.6 Å². The maximum atomic E-state index is 9.01. The Morgan fingerprint density at radius 3 is 2.67 bits per heavy atom. The average Bonchev–Trinajstić information content (AvgIpc) is 2.91. The summed E-state index contributed by atoms with van der Waals surface area (Å²) in [6, 6.07) is 9.11. The van der Waals surface area contributed by atoms with Crippen LogP contribution < -0.4 is 5.32 Å². The van der Waals surface area contributed by atoms with E-state index in [1.165, 1.54) is 0 Å². The molecule has 0 fully saturated rings. The molecule has 0 amide bonds. The lowest BCUT2D eigenvalue weighted by atomic mass is 10.1. The lowest BCUT2D eigenvalue weighted by Gasteiger charge is -2.10. The first-order valence-electron chi connectivity index (χ1n) is 6.69. The molecular formula is C15H16N6. The minimum Gasteiger partial charge on any atom is -0.378 e. The van der Waals surface area contributed by atoms with Crippen LogP contribution in [0.25, 0.3) is 0 Å². The summed E-state index contributed by atoms with van der Waals surface area (Å²) in [5.41, 5.74) is 1.53. The predicted octanol–water partition coefficient (Wildman–Crippen LogP) is 2.29. The second-order valence-electron chi connectivity index (χ2n) is 5.09. The van der Waals surface area contributed by atoms with Gasteiger partial charge in [0.1, 0.15) is 24.3 Å². The van der Waals surface area contributed by atoms with E-state index < -0.39 is 0 Å². The topological polar surface area (TPSA) is 90.3 Å². The van der Waals surface area contributed by atoms with Gasteiger partial charge in [-0.1, -0.05) is 13.8 Å². The highest BCUT2D eigenvalue weighted by Gasteiger charge is 2.07. The van der Waals surface area contributed by atoms with Crippen molar-refractivity contribution in [1.29, 1.82) is 10.5 Å². The Labute approximate surface area is 123 Å². The highest BCUT2D eigenvalue weighted by atomic mass is 15.3. The highest BCUT2D eigenvalue weighted by molar-refractivity contribution is 5.56. The van der Waals surface area contributed by atoms with E-state index in [0.717, 1.165) is 18.1 Å². The fourth-order valence-electron chi connectivity index (χ4n) is 1.95. The zero-order valence-electron chi connectivity index (χ0n) is 12.0. The van der Waals surface area contributed by atoms with Gasteiger partial charge in [-0.3, -0.25) is 0 Å². The largest absolute Gasteiger partial charge is 0.378 e. The van der Waals surface area contributed by atoms with Crippen LogP contribution in [0, 0.1) is 28.6 Å². The Kier molecular flexibility index (Phi) is 4.53. The smallest absolute Gasteiger partial charge is 0.146 e. The van der Waals surface area contributed by atoms with Crippen molar-refractivity contribution in [2.75, 3.05) is 5.32 Å². The van der Waals surface area contributed by atoms with Crippen LogP contribution in [0.5, 0.6) is 0 Å². The summed E-state index contributed by atoms with van der Waals surface area (Å²) in [4.78, 5) is 4.23. The van der Waals surface area contributed by atoms with Crippen LogP contribution in [0.4, 0.5) is 5.69 Å². The quantitative estimate of drug-likeness (QED) is 0.907. The van der Waals surface area contributed by atoms with Gasteiger partial charge >= 0.3 is 0 Å². The van der Waals surface area contributed by atoms with E-state index >= 15 is 0 Å². The molecule has 2 rings (SSSR count). The number of rotatable bonds is 5. The van der Waals surface area contributed by atoms with E-state index in [4.69, 9.17) is 10.5 Å². The number of hydrogen-bond donors (Lipinski definition) is 1. The van der Waals surface area contributed by atoms with Gasteiger partial charge in [-0.2, -0.15) is 15.6 Å². The third kappa shape index (κ3) is 3.58. The molecule has 0 saturated heterocycles. The Bertz CT molecular complexity index is 702. The normalized spacial score (nSPS) is 10.1. The van der Waals surface area contributed by atoms with Gasteiger partial charge in [0.2, 0.25) is 0 Å². The lowest BCUT2D eigenvalue weighted by Crippen LogP contribution is -2.13. The molecule has 1 aromatic carbocycles. The minimum absolute atomic E-state index is 0.367. The molecule has 6 heteroatoms. The Morgan fingerprint density at radius 2 is 2.00 bits per heavy atom. The van der Waals surface area contributed by atoms with Crippen molar-refractivity contribution in [1.82, 2.24) is 14.8 Å². The molecule has 2 aromatic rings. The molecular weight excluding hydrogens is 264 g/mol. The summed E-state index contributed by atoms with van der Waals surface area (Å²) in [5.74, 6) is 1.33. The lowest BCUT2D eigenvalue weighted by molar-refractivity contribution is 0.468. The molecule has 106 valence electrons. The minimum atomic E-state index is 0.367. The van der Waals surface area contributed by atoms with Gasteiger partial charge in [0.25, 0.3) is 0 Å². The molecule has 0 spiro atoms. The number of anilines is 1. The molecule has 0 aliphatic carbocycles. The van der Waals surface area contributed by atoms with Crippen molar-refractivity contribution >= 4 is 5.69 Å². The van der Waals surface area contributed by atoms with E-state index in [-0.39, 0.29) is 0 Å². The van der Waals surface area contributed by atoms with Gasteiger partial charge in [-0.25, -0.2) is 9.67 Å². The number of nitrogens with zero attached hydrogens (tertiary/aromatic N) is 5. The first kappa shape index (κ1) is 14.5. The molecule has 1 N–H and O–H groups in total. The summed E-state index contributed by atoms with van der Waals surface area (Å²) in [5, 5.41) is 25.3. The van der Waals surface area contributed by atoms with Crippen molar-refractivity contribution in [3.8, 4) is 12.1 Å². The summed E-state index contributed by atoms with van der Waals surface area (Å²) in [6.45, 7) is 5.58. The molecule has 1 heterocycles. The Morgan fingerprint density at radius 1 is 1.24 bits per heavy atom. The third-order valence-electron chi connectivity index (χ3n) is 2.94. The molecule has 0 atom stereocenters. The average molecular weight is 280 g/mol. The van der Waals surface area contributed by atoms with Gasteiger partial charge < -0.3 is 5.32 Å².